The lowest BCUT2D eigenvalue weighted by molar-refractivity contribution is -0.130. The second-order valence-corrected chi connectivity index (χ2v) is 7.07. The standard InChI is InChI=1S/C21H24N4O/c1-16(26)25-13-7-12-21(15-25)20(22-14-17-8-3-2-4-9-17)23-18-10-5-6-11-19(18)24-21/h2-6,8-11,24H,7,12-15H2,1H3,(H,22,23)/t21-/m1/s1. The Morgan fingerprint density at radius 1 is 1.12 bits per heavy atom. The highest BCUT2D eigenvalue weighted by Crippen LogP contribution is 2.36. The van der Waals surface area contributed by atoms with Crippen LogP contribution in [0, 0.1) is 0 Å². The molecule has 26 heavy (non-hydrogen) atoms. The van der Waals surface area contributed by atoms with Crippen molar-refractivity contribution in [1.82, 2.24) is 4.90 Å². The molecule has 0 unspecified atom stereocenters. The van der Waals surface area contributed by atoms with Crippen molar-refractivity contribution in [3.05, 3.63) is 60.2 Å². The van der Waals surface area contributed by atoms with Crippen LogP contribution in [0.5, 0.6) is 0 Å². The smallest absolute Gasteiger partial charge is 0.219 e. The van der Waals surface area contributed by atoms with Gasteiger partial charge in [-0.1, -0.05) is 42.5 Å². The number of anilines is 2. The first-order valence-electron chi connectivity index (χ1n) is 9.15. The van der Waals surface area contributed by atoms with Crippen LogP contribution in [0.2, 0.25) is 0 Å². The maximum Gasteiger partial charge on any atom is 0.219 e. The SMILES string of the molecule is CC(=O)N1CCC[C@]2(C1)Nc1ccccc1NC2=NCc1ccccc1. The third-order valence-corrected chi connectivity index (χ3v) is 5.21. The second kappa shape index (κ2) is 6.83. The Labute approximate surface area is 154 Å². The molecule has 2 heterocycles. The Morgan fingerprint density at radius 2 is 1.85 bits per heavy atom. The number of nitrogens with zero attached hydrogens (tertiary/aromatic N) is 2. The van der Waals surface area contributed by atoms with E-state index in [2.05, 4.69) is 34.9 Å². The lowest BCUT2D eigenvalue weighted by atomic mass is 9.85. The highest BCUT2D eigenvalue weighted by molar-refractivity contribution is 6.10. The molecule has 134 valence electrons. The molecule has 0 radical (unpaired) electrons. The maximum absolute atomic E-state index is 12.0. The number of hydrogen-bond donors (Lipinski definition) is 2. The van der Waals surface area contributed by atoms with Crippen molar-refractivity contribution in [2.45, 2.75) is 31.8 Å². The molecule has 1 atom stereocenters. The Bertz CT molecular complexity index is 833. The van der Waals surface area contributed by atoms with Crippen molar-refractivity contribution in [2.75, 3.05) is 23.7 Å². The van der Waals surface area contributed by atoms with Crippen LogP contribution in [0.1, 0.15) is 25.3 Å². The molecule has 0 saturated carbocycles. The predicted octanol–water partition coefficient (Wildman–Crippen LogP) is 3.50. The van der Waals surface area contributed by atoms with Crippen molar-refractivity contribution in [2.24, 2.45) is 4.99 Å². The number of amides is 1. The molecule has 2 aromatic carbocycles. The third kappa shape index (κ3) is 3.17. The van der Waals surface area contributed by atoms with Crippen LogP contribution in [0.15, 0.2) is 59.6 Å². The summed E-state index contributed by atoms with van der Waals surface area (Å²) < 4.78 is 0. The van der Waals surface area contributed by atoms with Gasteiger partial charge < -0.3 is 15.5 Å². The van der Waals surface area contributed by atoms with Crippen molar-refractivity contribution in [3.8, 4) is 0 Å². The first kappa shape index (κ1) is 16.6. The number of hydrogen-bond acceptors (Lipinski definition) is 3. The fraction of sp³-hybridized carbons (Fsp3) is 0.333. The van der Waals surface area contributed by atoms with Crippen LogP contribution in [0.3, 0.4) is 0 Å². The molecule has 1 amide bonds. The summed E-state index contributed by atoms with van der Waals surface area (Å²) in [5, 5.41) is 7.23. The highest BCUT2D eigenvalue weighted by atomic mass is 16.2. The number of carbonyl (C=O) groups is 1. The monoisotopic (exact) mass is 348 g/mol. The number of para-hydroxylation sites is 2. The first-order valence-corrected chi connectivity index (χ1v) is 9.15. The molecular formula is C21H24N4O. The number of likely N-dealkylation sites (tertiary alicyclic amines) is 1. The minimum Gasteiger partial charge on any atom is -0.370 e. The molecule has 2 aliphatic heterocycles. The summed E-state index contributed by atoms with van der Waals surface area (Å²) in [6, 6.07) is 18.4. The number of aliphatic imine (C=N–C) groups is 1. The van der Waals surface area contributed by atoms with E-state index in [4.69, 9.17) is 4.99 Å². The van der Waals surface area contributed by atoms with E-state index in [-0.39, 0.29) is 11.4 Å². The quantitative estimate of drug-likeness (QED) is 0.873. The van der Waals surface area contributed by atoms with Crippen molar-refractivity contribution in [1.29, 1.82) is 0 Å². The number of amidine groups is 1. The second-order valence-electron chi connectivity index (χ2n) is 7.07. The van der Waals surface area contributed by atoms with E-state index in [1.807, 2.05) is 35.2 Å². The van der Waals surface area contributed by atoms with Crippen LogP contribution in [0.4, 0.5) is 11.4 Å². The Hall–Kier alpha value is -2.82. The van der Waals surface area contributed by atoms with Gasteiger partial charge in [-0.05, 0) is 30.5 Å². The van der Waals surface area contributed by atoms with E-state index < -0.39 is 0 Å². The normalized spacial score (nSPS) is 23.3. The Kier molecular flexibility index (Phi) is 4.37. The molecule has 1 spiro atoms. The molecule has 1 saturated heterocycles. The van der Waals surface area contributed by atoms with Crippen molar-refractivity contribution >= 4 is 23.1 Å². The summed E-state index contributed by atoms with van der Waals surface area (Å²) in [5.74, 6) is 1.04. The number of benzene rings is 2. The molecule has 5 heteroatoms. The molecule has 4 rings (SSSR count). The lowest BCUT2D eigenvalue weighted by Gasteiger charge is -2.47. The topological polar surface area (TPSA) is 56.7 Å². The summed E-state index contributed by atoms with van der Waals surface area (Å²) in [5.41, 5.74) is 2.92. The predicted molar refractivity (Wildman–Crippen MR) is 105 cm³/mol. The van der Waals surface area contributed by atoms with Gasteiger partial charge in [-0.2, -0.15) is 0 Å². The zero-order valence-electron chi connectivity index (χ0n) is 15.0. The average Bonchev–Trinajstić information content (AvgIpc) is 2.67. The lowest BCUT2D eigenvalue weighted by Crippen LogP contribution is -2.62. The van der Waals surface area contributed by atoms with Crippen LogP contribution < -0.4 is 10.6 Å². The molecule has 2 aliphatic rings. The van der Waals surface area contributed by atoms with Gasteiger partial charge in [0.25, 0.3) is 0 Å². The molecule has 2 N–H and O–H groups in total. The Morgan fingerprint density at radius 3 is 2.62 bits per heavy atom. The number of carbonyl (C=O) groups excluding carboxylic acids is 1. The number of rotatable bonds is 2. The number of fused-ring (bicyclic) bond motifs is 1. The van der Waals surface area contributed by atoms with E-state index in [9.17, 15) is 4.79 Å². The third-order valence-electron chi connectivity index (χ3n) is 5.21. The van der Waals surface area contributed by atoms with Crippen molar-refractivity contribution in [3.63, 3.8) is 0 Å². The van der Waals surface area contributed by atoms with E-state index >= 15 is 0 Å². The minimum absolute atomic E-state index is 0.118. The molecule has 0 aliphatic carbocycles. The number of piperidine rings is 1. The maximum atomic E-state index is 12.0. The van der Waals surface area contributed by atoms with E-state index in [1.54, 1.807) is 6.92 Å². The van der Waals surface area contributed by atoms with Gasteiger partial charge in [0.2, 0.25) is 5.91 Å². The van der Waals surface area contributed by atoms with Crippen LogP contribution in [-0.2, 0) is 11.3 Å². The van der Waals surface area contributed by atoms with Gasteiger partial charge >= 0.3 is 0 Å². The van der Waals surface area contributed by atoms with Gasteiger partial charge in [0.1, 0.15) is 11.4 Å². The highest BCUT2D eigenvalue weighted by Gasteiger charge is 2.43. The molecule has 5 nitrogen and oxygen atoms in total. The molecular weight excluding hydrogens is 324 g/mol. The fourth-order valence-electron chi connectivity index (χ4n) is 3.83. The largest absolute Gasteiger partial charge is 0.370 e. The summed E-state index contributed by atoms with van der Waals surface area (Å²) in [4.78, 5) is 18.8. The summed E-state index contributed by atoms with van der Waals surface area (Å²) in [6.07, 6.45) is 1.91. The minimum atomic E-state index is -0.354. The van der Waals surface area contributed by atoms with Crippen LogP contribution in [0.25, 0.3) is 0 Å². The van der Waals surface area contributed by atoms with Gasteiger partial charge in [-0.15, -0.1) is 0 Å². The van der Waals surface area contributed by atoms with Gasteiger partial charge in [-0.3, -0.25) is 9.79 Å². The van der Waals surface area contributed by atoms with Crippen LogP contribution >= 0.6 is 0 Å². The van der Waals surface area contributed by atoms with E-state index in [0.29, 0.717) is 13.1 Å². The van der Waals surface area contributed by atoms with Gasteiger partial charge in [0, 0.05) is 13.5 Å². The number of nitrogens with one attached hydrogen (secondary N) is 2. The zero-order valence-corrected chi connectivity index (χ0v) is 15.0. The van der Waals surface area contributed by atoms with E-state index in [1.165, 1.54) is 5.56 Å². The van der Waals surface area contributed by atoms with E-state index in [0.717, 1.165) is 36.6 Å². The average molecular weight is 348 g/mol. The first-order chi connectivity index (χ1) is 12.7. The van der Waals surface area contributed by atoms with Crippen LogP contribution in [-0.4, -0.2) is 35.3 Å². The van der Waals surface area contributed by atoms with Gasteiger partial charge in [0.15, 0.2) is 0 Å². The zero-order chi connectivity index (χ0) is 18.0. The summed E-state index contributed by atoms with van der Waals surface area (Å²) in [6.45, 7) is 3.71. The Balaban J connectivity index is 1.69. The van der Waals surface area contributed by atoms with Gasteiger partial charge in [-0.25, -0.2) is 0 Å². The van der Waals surface area contributed by atoms with Crippen molar-refractivity contribution < 1.29 is 4.79 Å². The fourth-order valence-corrected chi connectivity index (χ4v) is 3.83. The molecule has 0 aromatic heterocycles. The summed E-state index contributed by atoms with van der Waals surface area (Å²) >= 11 is 0. The summed E-state index contributed by atoms with van der Waals surface area (Å²) in [7, 11) is 0. The molecule has 1 fully saturated rings. The van der Waals surface area contributed by atoms with Gasteiger partial charge in [0.05, 0.1) is 24.5 Å². The molecule has 0 bridgehead atoms. The molecule has 2 aromatic rings.